The molecule has 0 bridgehead atoms. The van der Waals surface area contributed by atoms with Gasteiger partial charge in [-0.3, -0.25) is 4.79 Å². The van der Waals surface area contributed by atoms with Crippen molar-refractivity contribution in [2.24, 2.45) is 11.3 Å². The number of rotatable bonds is 2. The van der Waals surface area contributed by atoms with Gasteiger partial charge in [0.15, 0.2) is 0 Å². The zero-order valence-electron chi connectivity index (χ0n) is 11.9. The van der Waals surface area contributed by atoms with Gasteiger partial charge in [-0.05, 0) is 31.6 Å². The molecule has 21 heavy (non-hydrogen) atoms. The predicted octanol–water partition coefficient (Wildman–Crippen LogP) is 1.50. The average molecular weight is 290 g/mol. The van der Waals surface area contributed by atoms with Gasteiger partial charge in [-0.15, -0.1) is 0 Å². The van der Waals surface area contributed by atoms with Crippen LogP contribution in [0.4, 0.5) is 10.5 Å². The SMILES string of the molecule is Cc1ncc(NC(=O)[C@H]2CC23CCN(C(=O)O)CC3)cn1. The Morgan fingerprint density at radius 3 is 2.52 bits per heavy atom. The molecule has 1 aromatic rings. The minimum atomic E-state index is -0.872. The van der Waals surface area contributed by atoms with Crippen LogP contribution in [0.25, 0.3) is 0 Å². The third kappa shape index (κ3) is 2.68. The lowest BCUT2D eigenvalue weighted by atomic mass is 9.91. The Hall–Kier alpha value is -2.18. The van der Waals surface area contributed by atoms with Gasteiger partial charge in [-0.25, -0.2) is 14.8 Å². The van der Waals surface area contributed by atoms with Crippen LogP contribution >= 0.6 is 0 Å². The van der Waals surface area contributed by atoms with Crippen molar-refractivity contribution < 1.29 is 14.7 Å². The molecule has 0 radical (unpaired) electrons. The molecular weight excluding hydrogens is 272 g/mol. The Balaban J connectivity index is 1.56. The van der Waals surface area contributed by atoms with Crippen molar-refractivity contribution in [1.29, 1.82) is 0 Å². The first-order chi connectivity index (χ1) is 10.00. The fourth-order valence-corrected chi connectivity index (χ4v) is 3.10. The van der Waals surface area contributed by atoms with Crippen molar-refractivity contribution in [3.05, 3.63) is 18.2 Å². The lowest BCUT2D eigenvalue weighted by Gasteiger charge is -2.30. The smallest absolute Gasteiger partial charge is 0.407 e. The highest BCUT2D eigenvalue weighted by atomic mass is 16.4. The van der Waals surface area contributed by atoms with E-state index in [2.05, 4.69) is 15.3 Å². The summed E-state index contributed by atoms with van der Waals surface area (Å²) in [6, 6.07) is 0. The summed E-state index contributed by atoms with van der Waals surface area (Å²) in [6.45, 7) is 2.83. The van der Waals surface area contributed by atoms with E-state index in [0.717, 1.165) is 19.3 Å². The highest BCUT2D eigenvalue weighted by Gasteiger charge is 2.58. The monoisotopic (exact) mass is 290 g/mol. The van der Waals surface area contributed by atoms with Gasteiger partial charge in [0, 0.05) is 19.0 Å². The molecule has 1 saturated carbocycles. The van der Waals surface area contributed by atoms with Crippen molar-refractivity contribution in [1.82, 2.24) is 14.9 Å². The van der Waals surface area contributed by atoms with Gasteiger partial charge >= 0.3 is 6.09 Å². The van der Waals surface area contributed by atoms with E-state index in [1.165, 1.54) is 4.90 Å². The number of likely N-dealkylation sites (tertiary alicyclic amines) is 1. The lowest BCUT2D eigenvalue weighted by molar-refractivity contribution is -0.118. The number of carbonyl (C=O) groups excluding carboxylic acids is 1. The van der Waals surface area contributed by atoms with E-state index in [4.69, 9.17) is 5.11 Å². The number of hydrogen-bond donors (Lipinski definition) is 2. The summed E-state index contributed by atoms with van der Waals surface area (Å²) in [5.74, 6) is 0.637. The Kier molecular flexibility index (Phi) is 3.27. The van der Waals surface area contributed by atoms with Crippen LogP contribution < -0.4 is 5.32 Å². The number of carbonyl (C=O) groups is 2. The Morgan fingerprint density at radius 1 is 1.33 bits per heavy atom. The van der Waals surface area contributed by atoms with Crippen molar-refractivity contribution in [3.63, 3.8) is 0 Å². The second-order valence-electron chi connectivity index (χ2n) is 5.90. The molecule has 1 aliphatic heterocycles. The molecule has 112 valence electrons. The summed E-state index contributed by atoms with van der Waals surface area (Å²) < 4.78 is 0. The number of hydrogen-bond acceptors (Lipinski definition) is 4. The molecule has 0 unspecified atom stereocenters. The predicted molar refractivity (Wildman–Crippen MR) is 74.8 cm³/mol. The minimum Gasteiger partial charge on any atom is -0.465 e. The molecule has 1 saturated heterocycles. The molecule has 3 rings (SSSR count). The van der Waals surface area contributed by atoms with Crippen molar-refractivity contribution in [3.8, 4) is 0 Å². The number of aryl methyl sites for hydroxylation is 1. The van der Waals surface area contributed by atoms with Crippen LogP contribution in [0.1, 0.15) is 25.1 Å². The molecule has 1 aromatic heterocycles. The fourth-order valence-electron chi connectivity index (χ4n) is 3.10. The summed E-state index contributed by atoms with van der Waals surface area (Å²) in [5.41, 5.74) is 0.609. The average Bonchev–Trinajstić information content (AvgIpc) is 3.16. The quantitative estimate of drug-likeness (QED) is 0.860. The highest BCUT2D eigenvalue weighted by molar-refractivity contribution is 5.94. The number of amides is 2. The van der Waals surface area contributed by atoms with E-state index in [-0.39, 0.29) is 17.2 Å². The zero-order chi connectivity index (χ0) is 15.0. The summed E-state index contributed by atoms with van der Waals surface area (Å²) in [6.07, 6.45) is 4.70. The number of aromatic nitrogens is 2. The number of carboxylic acid groups (broad SMARTS) is 1. The van der Waals surface area contributed by atoms with E-state index in [1.54, 1.807) is 19.3 Å². The minimum absolute atomic E-state index is 0.00157. The highest BCUT2D eigenvalue weighted by Crippen LogP contribution is 2.59. The summed E-state index contributed by atoms with van der Waals surface area (Å²) >= 11 is 0. The van der Waals surface area contributed by atoms with Gasteiger partial charge in [0.05, 0.1) is 18.1 Å². The van der Waals surface area contributed by atoms with Crippen LogP contribution in [0.15, 0.2) is 12.4 Å². The number of anilines is 1. The molecule has 1 aliphatic carbocycles. The first kappa shape index (κ1) is 13.8. The van der Waals surface area contributed by atoms with Gasteiger partial charge in [0.1, 0.15) is 5.82 Å². The second-order valence-corrected chi connectivity index (χ2v) is 5.90. The van der Waals surface area contributed by atoms with Gasteiger partial charge in [-0.1, -0.05) is 0 Å². The molecule has 7 heteroatoms. The van der Waals surface area contributed by atoms with Gasteiger partial charge in [0.2, 0.25) is 5.91 Å². The third-order valence-corrected chi connectivity index (χ3v) is 4.58. The zero-order valence-corrected chi connectivity index (χ0v) is 11.9. The maximum atomic E-state index is 12.3. The van der Waals surface area contributed by atoms with E-state index in [0.29, 0.717) is 24.6 Å². The largest absolute Gasteiger partial charge is 0.465 e. The molecule has 2 heterocycles. The summed E-state index contributed by atoms with van der Waals surface area (Å²) in [7, 11) is 0. The van der Waals surface area contributed by atoms with Crippen LogP contribution in [0.2, 0.25) is 0 Å². The second kappa shape index (κ2) is 4.98. The lowest BCUT2D eigenvalue weighted by Crippen LogP contribution is -2.39. The van der Waals surface area contributed by atoms with Crippen molar-refractivity contribution in [2.45, 2.75) is 26.2 Å². The first-order valence-corrected chi connectivity index (χ1v) is 7.08. The van der Waals surface area contributed by atoms with Crippen molar-refractivity contribution in [2.75, 3.05) is 18.4 Å². The fraction of sp³-hybridized carbons (Fsp3) is 0.571. The molecule has 1 spiro atoms. The standard InChI is InChI=1S/C14H18N4O3/c1-9-15-7-10(8-16-9)17-12(19)11-6-14(11)2-4-18(5-3-14)13(20)21/h7-8,11H,2-6H2,1H3,(H,17,19)(H,20,21)/t11-/m1/s1. The van der Waals surface area contributed by atoms with Gasteiger partial charge in [0.25, 0.3) is 0 Å². The van der Waals surface area contributed by atoms with Crippen LogP contribution in [0.5, 0.6) is 0 Å². The maximum Gasteiger partial charge on any atom is 0.407 e. The number of piperidine rings is 1. The normalized spacial score (nSPS) is 22.9. The van der Waals surface area contributed by atoms with Crippen LogP contribution in [0.3, 0.4) is 0 Å². The van der Waals surface area contributed by atoms with E-state index < -0.39 is 6.09 Å². The number of nitrogens with one attached hydrogen (secondary N) is 1. The topological polar surface area (TPSA) is 95.4 Å². The van der Waals surface area contributed by atoms with E-state index in [9.17, 15) is 9.59 Å². The molecule has 2 N–H and O–H groups in total. The Morgan fingerprint density at radius 2 is 1.95 bits per heavy atom. The molecular formula is C14H18N4O3. The van der Waals surface area contributed by atoms with Crippen LogP contribution in [-0.2, 0) is 4.79 Å². The number of nitrogens with zero attached hydrogens (tertiary/aromatic N) is 3. The Bertz CT molecular complexity index is 564. The van der Waals surface area contributed by atoms with Crippen molar-refractivity contribution >= 4 is 17.7 Å². The van der Waals surface area contributed by atoms with Gasteiger partial charge in [-0.2, -0.15) is 0 Å². The molecule has 2 aliphatic rings. The molecule has 2 amide bonds. The molecule has 1 atom stereocenters. The molecule has 7 nitrogen and oxygen atoms in total. The molecule has 0 aromatic carbocycles. The summed E-state index contributed by atoms with van der Waals surface area (Å²) in [5, 5.41) is 11.8. The molecule has 2 fully saturated rings. The summed E-state index contributed by atoms with van der Waals surface area (Å²) in [4.78, 5) is 32.7. The first-order valence-electron chi connectivity index (χ1n) is 7.08. The van der Waals surface area contributed by atoms with Crippen LogP contribution in [-0.4, -0.2) is 45.1 Å². The van der Waals surface area contributed by atoms with E-state index in [1.807, 2.05) is 0 Å². The Labute approximate surface area is 122 Å². The maximum absolute atomic E-state index is 12.3. The van der Waals surface area contributed by atoms with Crippen LogP contribution in [0, 0.1) is 18.3 Å². The van der Waals surface area contributed by atoms with E-state index >= 15 is 0 Å². The third-order valence-electron chi connectivity index (χ3n) is 4.58. The van der Waals surface area contributed by atoms with Gasteiger partial charge < -0.3 is 15.3 Å².